The number of fused-ring (bicyclic) bond motifs is 1. The van der Waals surface area contributed by atoms with Crippen molar-refractivity contribution in [2.75, 3.05) is 0 Å². The van der Waals surface area contributed by atoms with Gasteiger partial charge in [-0.1, -0.05) is 42.5 Å². The third-order valence-electron chi connectivity index (χ3n) is 5.82. The lowest BCUT2D eigenvalue weighted by molar-refractivity contribution is -0.107. The summed E-state index contributed by atoms with van der Waals surface area (Å²) in [6, 6.07) is 22.2. The second-order valence-corrected chi connectivity index (χ2v) is 8.10. The molecule has 1 aliphatic rings. The van der Waals surface area contributed by atoms with Crippen molar-refractivity contribution in [1.82, 2.24) is 0 Å². The maximum Gasteiger partial charge on any atom is 0.336 e. The van der Waals surface area contributed by atoms with Crippen molar-refractivity contribution in [3.05, 3.63) is 95.1 Å². The lowest BCUT2D eigenvalue weighted by Crippen LogP contribution is -2.58. The van der Waals surface area contributed by atoms with Gasteiger partial charge in [0, 0.05) is 5.56 Å². The van der Waals surface area contributed by atoms with E-state index in [9.17, 15) is 20.0 Å². The summed E-state index contributed by atoms with van der Waals surface area (Å²) in [6.45, 7) is 3.47. The Hall–Kier alpha value is -4.11. The van der Waals surface area contributed by atoms with Gasteiger partial charge >= 0.3 is 5.97 Å². The molecule has 6 nitrogen and oxygen atoms in total. The average Bonchev–Trinajstić information content (AvgIpc) is 2.79. The first-order valence-electron chi connectivity index (χ1n) is 10.1. The number of ether oxygens (including phenoxy) is 2. The fourth-order valence-corrected chi connectivity index (χ4v) is 4.17. The van der Waals surface area contributed by atoms with E-state index in [1.165, 1.54) is 6.07 Å². The Morgan fingerprint density at radius 1 is 1.06 bits per heavy atom. The highest BCUT2D eigenvalue weighted by Gasteiger charge is 2.56. The van der Waals surface area contributed by atoms with Crippen LogP contribution in [0.5, 0.6) is 11.5 Å². The average molecular weight is 427 g/mol. The Labute approximate surface area is 185 Å². The number of benzene rings is 3. The van der Waals surface area contributed by atoms with E-state index >= 15 is 0 Å². The van der Waals surface area contributed by atoms with Crippen molar-refractivity contribution >= 4 is 11.8 Å². The first-order chi connectivity index (χ1) is 15.3. The molecule has 1 unspecified atom stereocenters. The fourth-order valence-electron chi connectivity index (χ4n) is 4.17. The number of para-hydroxylation sites is 2. The van der Waals surface area contributed by atoms with Crippen LogP contribution in [0.2, 0.25) is 0 Å². The van der Waals surface area contributed by atoms with E-state index in [1.54, 1.807) is 80.6 Å². The van der Waals surface area contributed by atoms with E-state index in [0.29, 0.717) is 28.2 Å². The lowest BCUT2D eigenvalue weighted by atomic mass is 9.72. The fraction of sp³-hybridized carbons (Fsp3) is 0.192. The van der Waals surface area contributed by atoms with Crippen LogP contribution >= 0.6 is 0 Å². The van der Waals surface area contributed by atoms with Crippen LogP contribution in [0, 0.1) is 11.3 Å². The minimum absolute atomic E-state index is 0.0184. The monoisotopic (exact) mass is 427 g/mol. The van der Waals surface area contributed by atoms with Crippen LogP contribution in [0.4, 0.5) is 0 Å². The smallest absolute Gasteiger partial charge is 0.336 e. The molecule has 1 heterocycles. The maximum absolute atomic E-state index is 13.2. The molecule has 0 amide bonds. The second-order valence-electron chi connectivity index (χ2n) is 8.10. The first-order valence-corrected chi connectivity index (χ1v) is 10.1. The molecule has 1 N–H and O–H groups in total. The van der Waals surface area contributed by atoms with Gasteiger partial charge in [-0.25, -0.2) is 4.79 Å². The molecule has 0 fully saturated rings. The summed E-state index contributed by atoms with van der Waals surface area (Å²) in [5.41, 5.74) is -1.60. The molecule has 6 heteroatoms. The molecule has 4 rings (SSSR count). The SMILES string of the molecule is CC(C)(Oc1ccccc1C#N)C1(c2ccccc2C(=O)O)CC(=O)c2ccccc2O1. The molecule has 1 atom stereocenters. The molecule has 1 aliphatic heterocycles. The molecule has 0 bridgehead atoms. The lowest BCUT2D eigenvalue weighted by Gasteiger charge is -2.48. The van der Waals surface area contributed by atoms with Gasteiger partial charge in [-0.05, 0) is 44.2 Å². The first kappa shape index (κ1) is 21.1. The molecule has 0 aliphatic carbocycles. The van der Waals surface area contributed by atoms with Gasteiger partial charge < -0.3 is 14.6 Å². The Kier molecular flexibility index (Phi) is 5.19. The van der Waals surface area contributed by atoms with Crippen molar-refractivity contribution in [2.45, 2.75) is 31.5 Å². The largest absolute Gasteiger partial charge is 0.482 e. The van der Waals surface area contributed by atoms with Gasteiger partial charge in [-0.2, -0.15) is 5.26 Å². The van der Waals surface area contributed by atoms with Crippen LogP contribution in [0.1, 0.15) is 52.1 Å². The normalized spacial score (nSPS) is 17.6. The van der Waals surface area contributed by atoms with E-state index in [4.69, 9.17) is 9.47 Å². The molecule has 160 valence electrons. The van der Waals surface area contributed by atoms with Gasteiger partial charge in [0.15, 0.2) is 11.4 Å². The van der Waals surface area contributed by atoms with Gasteiger partial charge in [-0.3, -0.25) is 4.79 Å². The van der Waals surface area contributed by atoms with Gasteiger partial charge in [0.05, 0.1) is 23.1 Å². The molecule has 0 saturated heterocycles. The molecular weight excluding hydrogens is 406 g/mol. The highest BCUT2D eigenvalue weighted by Crippen LogP contribution is 2.49. The summed E-state index contributed by atoms with van der Waals surface area (Å²) < 4.78 is 12.8. The van der Waals surface area contributed by atoms with Crippen LogP contribution in [0.15, 0.2) is 72.8 Å². The van der Waals surface area contributed by atoms with Crippen molar-refractivity contribution in [3.63, 3.8) is 0 Å². The summed E-state index contributed by atoms with van der Waals surface area (Å²) in [5.74, 6) is -0.642. The Balaban J connectivity index is 1.95. The Morgan fingerprint density at radius 3 is 2.47 bits per heavy atom. The minimum atomic E-state index is -1.46. The third kappa shape index (κ3) is 3.38. The minimum Gasteiger partial charge on any atom is -0.482 e. The topological polar surface area (TPSA) is 96.6 Å². The number of hydrogen-bond acceptors (Lipinski definition) is 5. The van der Waals surface area contributed by atoms with Crippen LogP contribution in [0.3, 0.4) is 0 Å². The number of carboxylic acids is 1. The highest BCUT2D eigenvalue weighted by atomic mass is 16.6. The molecule has 0 saturated carbocycles. The van der Waals surface area contributed by atoms with Gasteiger partial charge in [0.2, 0.25) is 0 Å². The maximum atomic E-state index is 13.2. The summed E-state index contributed by atoms with van der Waals surface area (Å²) in [6.07, 6.45) is -0.129. The number of aromatic carboxylic acids is 1. The van der Waals surface area contributed by atoms with Crippen molar-refractivity contribution < 1.29 is 24.2 Å². The third-order valence-corrected chi connectivity index (χ3v) is 5.82. The van der Waals surface area contributed by atoms with E-state index in [2.05, 4.69) is 6.07 Å². The zero-order valence-electron chi connectivity index (χ0n) is 17.7. The molecule has 32 heavy (non-hydrogen) atoms. The Bertz CT molecular complexity index is 1260. The molecule has 0 radical (unpaired) electrons. The predicted molar refractivity (Wildman–Crippen MR) is 117 cm³/mol. The zero-order chi connectivity index (χ0) is 22.9. The van der Waals surface area contributed by atoms with Gasteiger partial charge in [0.1, 0.15) is 23.2 Å². The molecule has 3 aromatic carbocycles. The number of carbonyl (C=O) groups excluding carboxylic acids is 1. The number of nitriles is 1. The van der Waals surface area contributed by atoms with Crippen molar-refractivity contribution in [1.29, 1.82) is 5.26 Å². The Morgan fingerprint density at radius 2 is 1.72 bits per heavy atom. The van der Waals surface area contributed by atoms with Crippen LogP contribution < -0.4 is 9.47 Å². The van der Waals surface area contributed by atoms with Gasteiger partial charge in [-0.15, -0.1) is 0 Å². The summed E-state index contributed by atoms with van der Waals surface area (Å²) in [4.78, 5) is 25.3. The van der Waals surface area contributed by atoms with E-state index in [-0.39, 0.29) is 17.8 Å². The van der Waals surface area contributed by atoms with Gasteiger partial charge in [0.25, 0.3) is 0 Å². The standard InChI is InChI=1S/C26H21NO5/c1-25(2,31-22-13-7-3-9-17(22)16-27)26(20-12-6-4-10-18(20)24(29)30)15-21(28)19-11-5-8-14-23(19)32-26/h3-14H,15H2,1-2H3,(H,29,30). The molecule has 3 aromatic rings. The number of hydrogen-bond donors (Lipinski definition) is 1. The number of rotatable bonds is 5. The number of Topliss-reactive ketones (excluding diaryl/α,β-unsaturated/α-hetero) is 1. The molecular formula is C26H21NO5. The molecule has 0 aromatic heterocycles. The molecule has 0 spiro atoms. The van der Waals surface area contributed by atoms with Crippen LogP contribution in [0.25, 0.3) is 0 Å². The number of ketones is 1. The second kappa shape index (κ2) is 7.86. The number of carbonyl (C=O) groups is 2. The van der Waals surface area contributed by atoms with Crippen LogP contribution in [-0.2, 0) is 5.60 Å². The van der Waals surface area contributed by atoms with E-state index < -0.39 is 17.2 Å². The summed E-state index contributed by atoms with van der Waals surface area (Å²) in [5, 5.41) is 19.4. The van der Waals surface area contributed by atoms with Crippen LogP contribution in [-0.4, -0.2) is 22.5 Å². The van der Waals surface area contributed by atoms with E-state index in [1.807, 2.05) is 0 Å². The predicted octanol–water partition coefficient (Wildman–Crippen LogP) is 4.97. The van der Waals surface area contributed by atoms with E-state index in [0.717, 1.165) is 0 Å². The summed E-state index contributed by atoms with van der Waals surface area (Å²) in [7, 11) is 0. The zero-order valence-corrected chi connectivity index (χ0v) is 17.7. The number of nitrogens with zero attached hydrogens (tertiary/aromatic N) is 1. The summed E-state index contributed by atoms with van der Waals surface area (Å²) >= 11 is 0. The van der Waals surface area contributed by atoms with Crippen molar-refractivity contribution in [3.8, 4) is 17.6 Å². The quantitative estimate of drug-likeness (QED) is 0.617. The van der Waals surface area contributed by atoms with Crippen molar-refractivity contribution in [2.24, 2.45) is 0 Å². The highest BCUT2D eigenvalue weighted by molar-refractivity contribution is 6.01. The number of carboxylic acid groups (broad SMARTS) is 1.